The summed E-state index contributed by atoms with van der Waals surface area (Å²) in [6, 6.07) is 7.79. The molecule has 0 unspecified atom stereocenters. The van der Waals surface area contributed by atoms with Gasteiger partial charge in [-0.25, -0.2) is 15.0 Å². The molecule has 4 rings (SSSR count). The summed E-state index contributed by atoms with van der Waals surface area (Å²) in [7, 11) is 1.52. The highest BCUT2D eigenvalue weighted by Gasteiger charge is 2.17. The second kappa shape index (κ2) is 6.83. The summed E-state index contributed by atoms with van der Waals surface area (Å²) in [5.41, 5.74) is 5.06. The third-order valence-electron chi connectivity index (χ3n) is 4.01. The van der Waals surface area contributed by atoms with Crippen molar-refractivity contribution in [1.29, 1.82) is 0 Å². The highest BCUT2D eigenvalue weighted by Crippen LogP contribution is 2.37. The topological polar surface area (TPSA) is 106 Å². The van der Waals surface area contributed by atoms with Crippen LogP contribution in [-0.2, 0) is 4.79 Å². The largest absolute Gasteiger partial charge is 0.467 e. The van der Waals surface area contributed by atoms with Gasteiger partial charge in [-0.3, -0.25) is 9.78 Å². The minimum absolute atomic E-state index is 0.179. The van der Waals surface area contributed by atoms with E-state index in [4.69, 9.17) is 4.74 Å². The van der Waals surface area contributed by atoms with Crippen LogP contribution in [0.4, 0.5) is 5.82 Å². The molecule has 0 radical (unpaired) electrons. The minimum Gasteiger partial charge on any atom is -0.467 e. The Balaban J connectivity index is 1.91. The predicted molar refractivity (Wildman–Crippen MR) is 101 cm³/mol. The molecule has 0 aliphatic heterocycles. The van der Waals surface area contributed by atoms with E-state index >= 15 is 0 Å². The molecule has 0 aliphatic carbocycles. The minimum atomic E-state index is -0.179. The number of ether oxygens (including phenoxy) is 1. The number of hydrogen-bond acceptors (Lipinski definition) is 6. The van der Waals surface area contributed by atoms with E-state index in [0.717, 1.165) is 33.4 Å². The molecule has 27 heavy (non-hydrogen) atoms. The molecule has 1 amide bonds. The molecular weight excluding hydrogens is 344 g/mol. The maximum atomic E-state index is 11.4. The van der Waals surface area contributed by atoms with Gasteiger partial charge in [-0.1, -0.05) is 0 Å². The van der Waals surface area contributed by atoms with Gasteiger partial charge in [-0.15, -0.1) is 0 Å². The van der Waals surface area contributed by atoms with Crippen molar-refractivity contribution in [3.63, 3.8) is 0 Å². The van der Waals surface area contributed by atoms with Gasteiger partial charge < -0.3 is 15.0 Å². The third-order valence-corrected chi connectivity index (χ3v) is 4.01. The lowest BCUT2D eigenvalue weighted by atomic mass is 10.0. The van der Waals surface area contributed by atoms with E-state index in [1.165, 1.54) is 14.0 Å². The van der Waals surface area contributed by atoms with Gasteiger partial charge >= 0.3 is 6.01 Å². The Labute approximate surface area is 154 Å². The number of amides is 1. The molecule has 134 valence electrons. The molecule has 0 saturated heterocycles. The number of fused-ring (bicyclic) bond motifs is 1. The van der Waals surface area contributed by atoms with E-state index in [0.29, 0.717) is 11.8 Å². The van der Waals surface area contributed by atoms with Gasteiger partial charge in [0.15, 0.2) is 0 Å². The van der Waals surface area contributed by atoms with Crippen molar-refractivity contribution in [3.05, 3.63) is 49.1 Å². The number of rotatable bonds is 4. The number of pyridine rings is 2. The average molecular weight is 360 g/mol. The first-order valence-corrected chi connectivity index (χ1v) is 8.23. The van der Waals surface area contributed by atoms with Crippen molar-refractivity contribution in [3.8, 4) is 28.4 Å². The number of methoxy groups -OCH3 is 1. The lowest BCUT2D eigenvalue weighted by molar-refractivity contribution is -0.114. The van der Waals surface area contributed by atoms with E-state index in [9.17, 15) is 4.79 Å². The van der Waals surface area contributed by atoms with Crippen LogP contribution in [0.5, 0.6) is 6.01 Å². The van der Waals surface area contributed by atoms with Gasteiger partial charge in [-0.05, 0) is 24.3 Å². The molecule has 0 atom stereocenters. The van der Waals surface area contributed by atoms with Crippen LogP contribution in [0.15, 0.2) is 49.1 Å². The summed E-state index contributed by atoms with van der Waals surface area (Å²) >= 11 is 0. The van der Waals surface area contributed by atoms with E-state index in [1.807, 2.05) is 18.2 Å². The summed E-state index contributed by atoms with van der Waals surface area (Å²) in [5, 5.41) is 2.70. The summed E-state index contributed by atoms with van der Waals surface area (Å²) in [6.45, 7) is 1.45. The molecule has 0 aromatic carbocycles. The maximum absolute atomic E-state index is 11.4. The molecule has 2 N–H and O–H groups in total. The smallest absolute Gasteiger partial charge is 0.316 e. The number of nitrogens with zero attached hydrogens (tertiary/aromatic N) is 4. The first-order valence-electron chi connectivity index (χ1n) is 8.23. The quantitative estimate of drug-likeness (QED) is 0.579. The molecule has 0 spiro atoms. The fourth-order valence-corrected chi connectivity index (χ4v) is 2.90. The van der Waals surface area contributed by atoms with Gasteiger partial charge in [0.25, 0.3) is 0 Å². The van der Waals surface area contributed by atoms with Crippen molar-refractivity contribution < 1.29 is 9.53 Å². The second-order valence-corrected chi connectivity index (χ2v) is 5.84. The average Bonchev–Trinajstić information content (AvgIpc) is 3.07. The van der Waals surface area contributed by atoms with Crippen LogP contribution in [0.25, 0.3) is 33.4 Å². The summed E-state index contributed by atoms with van der Waals surface area (Å²) < 4.78 is 5.05. The zero-order valence-corrected chi connectivity index (χ0v) is 14.7. The lowest BCUT2D eigenvalue weighted by Gasteiger charge is -2.07. The Kier molecular flexibility index (Phi) is 4.21. The summed E-state index contributed by atoms with van der Waals surface area (Å²) in [4.78, 5) is 31.9. The molecule has 4 heterocycles. The monoisotopic (exact) mass is 360 g/mol. The first kappa shape index (κ1) is 16.6. The standard InChI is InChI=1S/C19H16N6O2/c1-11(26)24-15-8-12(5-7-20-15)17-16(13-9-22-19(27-2)23-10-13)18-14(25-17)4-3-6-21-18/h3-10,25H,1-2H3,(H,20,24,26). The third kappa shape index (κ3) is 3.20. The van der Waals surface area contributed by atoms with Gasteiger partial charge in [0.05, 0.1) is 23.8 Å². The highest BCUT2D eigenvalue weighted by atomic mass is 16.5. The molecule has 8 heteroatoms. The number of nitrogens with one attached hydrogen (secondary N) is 2. The Morgan fingerprint density at radius 3 is 2.63 bits per heavy atom. The number of carbonyl (C=O) groups is 1. The van der Waals surface area contributed by atoms with E-state index in [-0.39, 0.29) is 5.91 Å². The molecule has 8 nitrogen and oxygen atoms in total. The van der Waals surface area contributed by atoms with Gasteiger partial charge in [-0.2, -0.15) is 0 Å². The van der Waals surface area contributed by atoms with Crippen LogP contribution in [0.3, 0.4) is 0 Å². The molecule has 0 fully saturated rings. The van der Waals surface area contributed by atoms with Crippen LogP contribution >= 0.6 is 0 Å². The molecule has 0 aliphatic rings. The van der Waals surface area contributed by atoms with Crippen LogP contribution in [-0.4, -0.2) is 37.9 Å². The fraction of sp³-hybridized carbons (Fsp3) is 0.105. The molecule has 0 bridgehead atoms. The number of aromatic nitrogens is 5. The second-order valence-electron chi connectivity index (χ2n) is 5.84. The van der Waals surface area contributed by atoms with Crippen molar-refractivity contribution in [2.45, 2.75) is 6.92 Å². The van der Waals surface area contributed by atoms with Crippen LogP contribution in [0, 0.1) is 0 Å². The zero-order valence-electron chi connectivity index (χ0n) is 14.7. The van der Waals surface area contributed by atoms with E-state index < -0.39 is 0 Å². The number of aromatic amines is 1. The molecule has 0 saturated carbocycles. The molecule has 4 aromatic rings. The number of anilines is 1. The highest BCUT2D eigenvalue weighted by molar-refractivity contribution is 6.01. The SMILES string of the molecule is COc1ncc(-c2c(-c3ccnc(NC(C)=O)c3)[nH]c3cccnc23)cn1. The van der Waals surface area contributed by atoms with E-state index in [2.05, 4.69) is 30.2 Å². The van der Waals surface area contributed by atoms with Crippen molar-refractivity contribution in [2.24, 2.45) is 0 Å². The van der Waals surface area contributed by atoms with Gasteiger partial charge in [0, 0.05) is 48.4 Å². The van der Waals surface area contributed by atoms with Crippen molar-refractivity contribution in [2.75, 3.05) is 12.4 Å². The van der Waals surface area contributed by atoms with Crippen LogP contribution < -0.4 is 10.1 Å². The Hall–Kier alpha value is -3.81. The predicted octanol–water partition coefficient (Wildman–Crippen LogP) is 3.05. The molecule has 4 aromatic heterocycles. The van der Waals surface area contributed by atoms with Crippen LogP contribution in [0.2, 0.25) is 0 Å². The Morgan fingerprint density at radius 1 is 1.07 bits per heavy atom. The summed E-state index contributed by atoms with van der Waals surface area (Å²) in [5.74, 6) is 0.297. The number of carbonyl (C=O) groups excluding carboxylic acids is 1. The zero-order chi connectivity index (χ0) is 18.8. The lowest BCUT2D eigenvalue weighted by Crippen LogP contribution is -2.07. The Bertz CT molecular complexity index is 1120. The maximum Gasteiger partial charge on any atom is 0.316 e. The normalized spacial score (nSPS) is 10.7. The van der Waals surface area contributed by atoms with Crippen LogP contribution in [0.1, 0.15) is 6.92 Å². The number of hydrogen-bond donors (Lipinski definition) is 2. The fourth-order valence-electron chi connectivity index (χ4n) is 2.90. The Morgan fingerprint density at radius 2 is 1.89 bits per heavy atom. The van der Waals surface area contributed by atoms with Gasteiger partial charge in [0.2, 0.25) is 5.91 Å². The van der Waals surface area contributed by atoms with E-state index in [1.54, 1.807) is 30.9 Å². The molecular formula is C19H16N6O2. The first-order chi connectivity index (χ1) is 13.2. The summed E-state index contributed by atoms with van der Waals surface area (Å²) in [6.07, 6.45) is 6.78. The van der Waals surface area contributed by atoms with Crippen molar-refractivity contribution >= 4 is 22.8 Å². The van der Waals surface area contributed by atoms with Gasteiger partial charge in [0.1, 0.15) is 5.82 Å². The van der Waals surface area contributed by atoms with Crippen molar-refractivity contribution in [1.82, 2.24) is 24.9 Å². The number of H-pyrrole nitrogens is 1.